The van der Waals surface area contributed by atoms with Crippen LogP contribution >= 0.6 is 0 Å². The van der Waals surface area contributed by atoms with Crippen molar-refractivity contribution in [3.8, 4) is 0 Å². The number of aliphatic hydroxyl groups excluding tert-OH is 3. The quantitative estimate of drug-likeness (QED) is 0.356. The second-order valence-corrected chi connectivity index (χ2v) is 5.39. The molecule has 0 aromatic rings. The topological polar surface area (TPSA) is 134 Å². The summed E-state index contributed by atoms with van der Waals surface area (Å²) in [6.07, 6.45) is -3.84. The highest BCUT2D eigenvalue weighted by atomic mass is 16.7. The Morgan fingerprint density at radius 1 is 1.00 bits per heavy atom. The van der Waals surface area contributed by atoms with Gasteiger partial charge in [0.05, 0.1) is 0 Å². The van der Waals surface area contributed by atoms with Gasteiger partial charge in [0.2, 0.25) is 6.29 Å². The molecule has 22 heavy (non-hydrogen) atoms. The van der Waals surface area contributed by atoms with Crippen molar-refractivity contribution < 1.29 is 39.5 Å². The highest BCUT2D eigenvalue weighted by molar-refractivity contribution is 5.73. The van der Waals surface area contributed by atoms with Gasteiger partial charge in [-0.2, -0.15) is 0 Å². The van der Waals surface area contributed by atoms with Crippen LogP contribution in [0.4, 0.5) is 0 Å². The normalized spacial score (nSPS) is 31.7. The highest BCUT2D eigenvalue weighted by Gasteiger charge is 2.48. The summed E-state index contributed by atoms with van der Waals surface area (Å²) in [7, 11) is 0. The number of carboxylic acids is 1. The van der Waals surface area contributed by atoms with Crippen LogP contribution in [0.5, 0.6) is 0 Å². The zero-order chi connectivity index (χ0) is 16.7. The molecule has 8 nitrogen and oxygen atoms in total. The van der Waals surface area contributed by atoms with Crippen molar-refractivity contribution in [2.45, 2.75) is 76.2 Å². The van der Waals surface area contributed by atoms with Crippen LogP contribution in [-0.4, -0.2) is 63.1 Å². The SMILES string of the molecule is CCCCCCCC(=O)O[C@@H]1O[C@H](C(=O)O)[C@@H](O)[C@H](O)[C@H]1O. The number of hydrogen-bond donors (Lipinski definition) is 4. The van der Waals surface area contributed by atoms with E-state index >= 15 is 0 Å². The first kappa shape index (κ1) is 18.8. The van der Waals surface area contributed by atoms with Crippen molar-refractivity contribution in [3.05, 3.63) is 0 Å². The van der Waals surface area contributed by atoms with E-state index in [0.717, 1.165) is 25.7 Å². The Morgan fingerprint density at radius 2 is 1.64 bits per heavy atom. The van der Waals surface area contributed by atoms with E-state index in [1.54, 1.807) is 0 Å². The lowest BCUT2D eigenvalue weighted by Gasteiger charge is -2.37. The van der Waals surface area contributed by atoms with E-state index in [9.17, 15) is 24.9 Å². The van der Waals surface area contributed by atoms with E-state index in [-0.39, 0.29) is 6.42 Å². The van der Waals surface area contributed by atoms with E-state index in [2.05, 4.69) is 6.92 Å². The standard InChI is InChI=1S/C14H24O8/c1-2-3-4-5-6-7-8(15)21-14-11(18)9(16)10(17)12(22-14)13(19)20/h9-12,14,16-18H,2-7H2,1H3,(H,19,20)/t9-,10-,11+,12-,14+/m0/s1. The molecule has 4 N–H and O–H groups in total. The molecule has 0 spiro atoms. The first-order chi connectivity index (χ1) is 10.4. The molecule has 1 aliphatic rings. The largest absolute Gasteiger partial charge is 0.479 e. The van der Waals surface area contributed by atoms with E-state index in [1.807, 2.05) is 0 Å². The van der Waals surface area contributed by atoms with Gasteiger partial charge in [-0.3, -0.25) is 4.79 Å². The Bertz CT molecular complexity index is 372. The predicted octanol–water partition coefficient (Wildman–Crippen LogP) is -0.218. The number of esters is 1. The number of aliphatic carboxylic acids is 1. The summed E-state index contributed by atoms with van der Waals surface area (Å²) in [6.45, 7) is 2.08. The fourth-order valence-corrected chi connectivity index (χ4v) is 2.21. The van der Waals surface area contributed by atoms with Crippen LogP contribution in [0.1, 0.15) is 45.4 Å². The first-order valence-electron chi connectivity index (χ1n) is 7.50. The van der Waals surface area contributed by atoms with Crippen LogP contribution in [0.25, 0.3) is 0 Å². The first-order valence-corrected chi connectivity index (χ1v) is 7.50. The summed E-state index contributed by atoms with van der Waals surface area (Å²) in [5.41, 5.74) is 0. The smallest absolute Gasteiger partial charge is 0.335 e. The molecule has 0 saturated carbocycles. The Kier molecular flexibility index (Phi) is 7.74. The third kappa shape index (κ3) is 5.20. The minimum absolute atomic E-state index is 0.118. The summed E-state index contributed by atoms with van der Waals surface area (Å²) in [4.78, 5) is 22.6. The number of carboxylic acid groups (broad SMARTS) is 1. The van der Waals surface area contributed by atoms with Gasteiger partial charge in [-0.15, -0.1) is 0 Å². The second kappa shape index (κ2) is 9.04. The van der Waals surface area contributed by atoms with Gasteiger partial charge in [0, 0.05) is 6.42 Å². The second-order valence-electron chi connectivity index (χ2n) is 5.39. The Labute approximate surface area is 128 Å². The number of ether oxygens (including phenoxy) is 2. The summed E-state index contributed by atoms with van der Waals surface area (Å²) in [5.74, 6) is -2.16. The van der Waals surface area contributed by atoms with Gasteiger partial charge in [0.25, 0.3) is 0 Å². The maximum atomic E-state index is 11.6. The molecule has 1 fully saturated rings. The molecular formula is C14H24O8. The Morgan fingerprint density at radius 3 is 2.23 bits per heavy atom. The van der Waals surface area contributed by atoms with Crippen LogP contribution in [-0.2, 0) is 19.1 Å². The zero-order valence-electron chi connectivity index (χ0n) is 12.6. The zero-order valence-corrected chi connectivity index (χ0v) is 12.6. The molecule has 1 heterocycles. The molecule has 8 heteroatoms. The van der Waals surface area contributed by atoms with E-state index < -0.39 is 42.6 Å². The number of aliphatic hydroxyl groups is 3. The number of unbranched alkanes of at least 4 members (excludes halogenated alkanes) is 4. The molecule has 0 amide bonds. The van der Waals surface area contributed by atoms with Gasteiger partial charge in [-0.25, -0.2) is 4.79 Å². The van der Waals surface area contributed by atoms with Gasteiger partial charge < -0.3 is 29.9 Å². The maximum Gasteiger partial charge on any atom is 0.335 e. The lowest BCUT2D eigenvalue weighted by atomic mass is 9.99. The lowest BCUT2D eigenvalue weighted by Crippen LogP contribution is -2.60. The maximum absolute atomic E-state index is 11.6. The molecule has 128 valence electrons. The monoisotopic (exact) mass is 320 g/mol. The minimum atomic E-state index is -1.79. The number of carbonyl (C=O) groups is 2. The molecule has 1 aliphatic heterocycles. The van der Waals surface area contributed by atoms with Crippen molar-refractivity contribution in [1.82, 2.24) is 0 Å². The van der Waals surface area contributed by atoms with Gasteiger partial charge in [0.15, 0.2) is 6.10 Å². The van der Waals surface area contributed by atoms with E-state index in [4.69, 9.17) is 14.6 Å². The molecule has 0 radical (unpaired) electrons. The summed E-state index contributed by atoms with van der Waals surface area (Å²) >= 11 is 0. The van der Waals surface area contributed by atoms with Crippen LogP contribution in [0.15, 0.2) is 0 Å². The molecule has 0 bridgehead atoms. The molecule has 0 unspecified atom stereocenters. The predicted molar refractivity (Wildman–Crippen MR) is 73.8 cm³/mol. The number of carbonyl (C=O) groups excluding carboxylic acids is 1. The van der Waals surface area contributed by atoms with Gasteiger partial charge in [0.1, 0.15) is 18.3 Å². The Balaban J connectivity index is 2.45. The minimum Gasteiger partial charge on any atom is -0.479 e. The highest BCUT2D eigenvalue weighted by Crippen LogP contribution is 2.23. The van der Waals surface area contributed by atoms with Crippen LogP contribution in [0.3, 0.4) is 0 Å². The van der Waals surface area contributed by atoms with Crippen LogP contribution in [0, 0.1) is 0 Å². The number of hydrogen-bond acceptors (Lipinski definition) is 7. The van der Waals surface area contributed by atoms with Gasteiger partial charge >= 0.3 is 11.9 Å². The fraction of sp³-hybridized carbons (Fsp3) is 0.857. The van der Waals surface area contributed by atoms with Crippen LogP contribution in [0.2, 0.25) is 0 Å². The molecule has 0 aliphatic carbocycles. The number of rotatable bonds is 8. The van der Waals surface area contributed by atoms with Gasteiger partial charge in [-0.1, -0.05) is 32.6 Å². The van der Waals surface area contributed by atoms with Crippen molar-refractivity contribution in [2.24, 2.45) is 0 Å². The summed E-state index contributed by atoms with van der Waals surface area (Å²) in [5, 5.41) is 37.6. The molecule has 1 saturated heterocycles. The lowest BCUT2D eigenvalue weighted by molar-refractivity contribution is -0.286. The van der Waals surface area contributed by atoms with Gasteiger partial charge in [-0.05, 0) is 6.42 Å². The molecule has 5 atom stereocenters. The fourth-order valence-electron chi connectivity index (χ4n) is 2.21. The molecule has 0 aromatic heterocycles. The average Bonchev–Trinajstić information content (AvgIpc) is 2.47. The average molecular weight is 320 g/mol. The van der Waals surface area contributed by atoms with Crippen molar-refractivity contribution >= 4 is 11.9 Å². The Hall–Kier alpha value is -1.22. The van der Waals surface area contributed by atoms with Crippen molar-refractivity contribution in [3.63, 3.8) is 0 Å². The summed E-state index contributed by atoms with van der Waals surface area (Å²) in [6, 6.07) is 0. The summed E-state index contributed by atoms with van der Waals surface area (Å²) < 4.78 is 9.72. The van der Waals surface area contributed by atoms with Crippen molar-refractivity contribution in [2.75, 3.05) is 0 Å². The van der Waals surface area contributed by atoms with Crippen LogP contribution < -0.4 is 0 Å². The molecule has 1 rings (SSSR count). The van der Waals surface area contributed by atoms with Crippen molar-refractivity contribution in [1.29, 1.82) is 0 Å². The third-order valence-corrected chi connectivity index (χ3v) is 3.55. The van der Waals surface area contributed by atoms with E-state index in [0.29, 0.717) is 6.42 Å². The molecule has 0 aromatic carbocycles. The third-order valence-electron chi connectivity index (χ3n) is 3.55. The molecular weight excluding hydrogens is 296 g/mol. The van der Waals surface area contributed by atoms with E-state index in [1.165, 1.54) is 0 Å².